The molecular weight excluding hydrogens is 289 g/mol. The van der Waals surface area contributed by atoms with Crippen molar-refractivity contribution in [1.29, 1.82) is 0 Å². The van der Waals surface area contributed by atoms with Crippen LogP contribution in [0.4, 0.5) is 4.39 Å². The van der Waals surface area contributed by atoms with Gasteiger partial charge in [0.05, 0.1) is 4.47 Å². The molecule has 0 heterocycles. The highest BCUT2D eigenvalue weighted by molar-refractivity contribution is 9.10. The van der Waals surface area contributed by atoms with Gasteiger partial charge in [-0.1, -0.05) is 13.0 Å². The van der Waals surface area contributed by atoms with E-state index in [0.717, 1.165) is 6.42 Å². The molecule has 94 valence electrons. The second-order valence-corrected chi connectivity index (χ2v) is 4.78. The van der Waals surface area contributed by atoms with E-state index in [4.69, 9.17) is 5.11 Å². The van der Waals surface area contributed by atoms with Crippen LogP contribution in [0, 0.1) is 5.82 Å². The lowest BCUT2D eigenvalue weighted by Crippen LogP contribution is -2.34. The van der Waals surface area contributed by atoms with E-state index in [1.54, 1.807) is 0 Å². The van der Waals surface area contributed by atoms with Crippen molar-refractivity contribution >= 4 is 21.9 Å². The van der Waals surface area contributed by atoms with Gasteiger partial charge in [0.2, 0.25) is 0 Å². The number of carboxylic acid groups (broad SMARTS) is 1. The van der Waals surface area contributed by atoms with Crippen molar-refractivity contribution in [2.75, 3.05) is 0 Å². The molecular formula is C12H15BrFNO2. The summed E-state index contributed by atoms with van der Waals surface area (Å²) in [6.07, 6.45) is 0.826. The molecule has 3 nitrogen and oxygen atoms in total. The maximum absolute atomic E-state index is 13.1. The summed E-state index contributed by atoms with van der Waals surface area (Å²) >= 11 is 3.05. The topological polar surface area (TPSA) is 49.3 Å². The quantitative estimate of drug-likeness (QED) is 0.879. The normalized spacial score (nSPS) is 14.4. The lowest BCUT2D eigenvalue weighted by molar-refractivity contribution is -0.139. The number of rotatable bonds is 5. The zero-order valence-electron chi connectivity index (χ0n) is 9.71. The molecule has 0 aromatic heterocycles. The van der Waals surface area contributed by atoms with Crippen molar-refractivity contribution in [3.05, 3.63) is 34.1 Å². The summed E-state index contributed by atoms with van der Waals surface area (Å²) in [4.78, 5) is 11.2. The highest BCUT2D eigenvalue weighted by Crippen LogP contribution is 2.22. The molecule has 0 fully saturated rings. The number of hydrogen-bond donors (Lipinski definition) is 2. The molecule has 0 aliphatic rings. The Morgan fingerprint density at radius 2 is 2.24 bits per heavy atom. The third-order valence-electron chi connectivity index (χ3n) is 2.59. The first-order valence-electron chi connectivity index (χ1n) is 5.39. The largest absolute Gasteiger partial charge is 0.480 e. The van der Waals surface area contributed by atoms with Crippen LogP contribution in [-0.2, 0) is 4.79 Å². The lowest BCUT2D eigenvalue weighted by Gasteiger charge is -2.19. The van der Waals surface area contributed by atoms with Gasteiger partial charge in [-0.25, -0.2) is 4.39 Å². The van der Waals surface area contributed by atoms with Gasteiger partial charge in [-0.05, 0) is 47.0 Å². The zero-order chi connectivity index (χ0) is 13.0. The first-order chi connectivity index (χ1) is 7.95. The molecule has 0 spiro atoms. The minimum atomic E-state index is -0.969. The molecule has 0 aliphatic heterocycles. The lowest BCUT2D eigenvalue weighted by atomic mass is 10.1. The Bertz CT molecular complexity index is 411. The number of halogens is 2. The van der Waals surface area contributed by atoms with Crippen LogP contribution in [-0.4, -0.2) is 17.1 Å². The summed E-state index contributed by atoms with van der Waals surface area (Å²) in [6.45, 7) is 3.88. The SMILES string of the molecule is CCC(C)NC(C(=O)O)c1ccc(F)c(Br)c1. The number of aliphatic carboxylic acids is 1. The molecule has 5 heteroatoms. The predicted molar refractivity (Wildman–Crippen MR) is 67.4 cm³/mol. The van der Waals surface area contributed by atoms with E-state index >= 15 is 0 Å². The third-order valence-corrected chi connectivity index (χ3v) is 3.20. The van der Waals surface area contributed by atoms with E-state index in [-0.39, 0.29) is 10.5 Å². The maximum Gasteiger partial charge on any atom is 0.325 e. The Labute approximate surface area is 108 Å². The minimum Gasteiger partial charge on any atom is -0.480 e. The molecule has 1 aromatic carbocycles. The molecule has 0 amide bonds. The highest BCUT2D eigenvalue weighted by Gasteiger charge is 2.21. The maximum atomic E-state index is 13.1. The molecule has 2 atom stereocenters. The number of nitrogens with one attached hydrogen (secondary N) is 1. The van der Waals surface area contributed by atoms with Crippen molar-refractivity contribution in [3.8, 4) is 0 Å². The van der Waals surface area contributed by atoms with Crippen molar-refractivity contribution in [1.82, 2.24) is 5.32 Å². The van der Waals surface area contributed by atoms with E-state index in [1.807, 2.05) is 13.8 Å². The number of benzene rings is 1. The van der Waals surface area contributed by atoms with Gasteiger partial charge in [0.1, 0.15) is 11.9 Å². The van der Waals surface area contributed by atoms with E-state index < -0.39 is 17.8 Å². The summed E-state index contributed by atoms with van der Waals surface area (Å²) in [7, 11) is 0. The monoisotopic (exact) mass is 303 g/mol. The van der Waals surface area contributed by atoms with E-state index in [0.29, 0.717) is 5.56 Å². The third kappa shape index (κ3) is 3.78. The number of carbonyl (C=O) groups is 1. The van der Waals surface area contributed by atoms with Crippen LogP contribution < -0.4 is 5.32 Å². The number of hydrogen-bond acceptors (Lipinski definition) is 2. The van der Waals surface area contributed by atoms with Gasteiger partial charge in [-0.3, -0.25) is 10.1 Å². The minimum absolute atomic E-state index is 0.0833. The molecule has 0 bridgehead atoms. The molecule has 1 rings (SSSR count). The fraction of sp³-hybridized carbons (Fsp3) is 0.417. The Balaban J connectivity index is 2.97. The van der Waals surface area contributed by atoms with Gasteiger partial charge in [-0.15, -0.1) is 0 Å². The molecule has 2 unspecified atom stereocenters. The average molecular weight is 304 g/mol. The van der Waals surface area contributed by atoms with Gasteiger partial charge in [-0.2, -0.15) is 0 Å². The number of carboxylic acids is 1. The summed E-state index contributed by atoms with van der Waals surface area (Å²) < 4.78 is 13.3. The van der Waals surface area contributed by atoms with E-state index in [9.17, 15) is 9.18 Å². The van der Waals surface area contributed by atoms with Gasteiger partial charge in [0.25, 0.3) is 0 Å². The highest BCUT2D eigenvalue weighted by atomic mass is 79.9. The van der Waals surface area contributed by atoms with Crippen LogP contribution >= 0.6 is 15.9 Å². The van der Waals surface area contributed by atoms with Gasteiger partial charge in [0, 0.05) is 6.04 Å². The molecule has 0 saturated heterocycles. The van der Waals surface area contributed by atoms with Gasteiger partial charge in [0.15, 0.2) is 0 Å². The Morgan fingerprint density at radius 3 is 2.71 bits per heavy atom. The van der Waals surface area contributed by atoms with Crippen molar-refractivity contribution in [2.24, 2.45) is 0 Å². The first kappa shape index (κ1) is 14.1. The Hall–Kier alpha value is -0.940. The first-order valence-corrected chi connectivity index (χ1v) is 6.18. The van der Waals surface area contributed by atoms with Crippen LogP contribution in [0.25, 0.3) is 0 Å². The fourth-order valence-corrected chi connectivity index (χ4v) is 1.80. The van der Waals surface area contributed by atoms with Crippen LogP contribution in [0.5, 0.6) is 0 Å². The van der Waals surface area contributed by atoms with Crippen molar-refractivity contribution in [3.63, 3.8) is 0 Å². The molecule has 2 N–H and O–H groups in total. The van der Waals surface area contributed by atoms with Gasteiger partial charge >= 0.3 is 5.97 Å². The van der Waals surface area contributed by atoms with E-state index in [2.05, 4.69) is 21.2 Å². The van der Waals surface area contributed by atoms with Crippen molar-refractivity contribution < 1.29 is 14.3 Å². The summed E-state index contributed by atoms with van der Waals surface area (Å²) in [5, 5.41) is 12.1. The molecule has 0 aliphatic carbocycles. The van der Waals surface area contributed by atoms with Crippen LogP contribution in [0.15, 0.2) is 22.7 Å². The summed E-state index contributed by atoms with van der Waals surface area (Å²) in [5.74, 6) is -1.37. The second-order valence-electron chi connectivity index (χ2n) is 3.92. The standard InChI is InChI=1S/C12H15BrFNO2/c1-3-7(2)15-11(12(16)17)8-4-5-10(14)9(13)6-8/h4-7,11,15H,3H2,1-2H3,(H,16,17). The van der Waals surface area contributed by atoms with Crippen LogP contribution in [0.3, 0.4) is 0 Å². The second kappa shape index (κ2) is 6.12. The Kier molecular flexibility index (Phi) is 5.08. The average Bonchev–Trinajstić information content (AvgIpc) is 2.29. The summed E-state index contributed by atoms with van der Waals surface area (Å²) in [6, 6.07) is 3.49. The van der Waals surface area contributed by atoms with E-state index in [1.165, 1.54) is 18.2 Å². The zero-order valence-corrected chi connectivity index (χ0v) is 11.3. The molecule has 0 radical (unpaired) electrons. The van der Waals surface area contributed by atoms with Crippen LogP contribution in [0.1, 0.15) is 31.9 Å². The fourth-order valence-electron chi connectivity index (χ4n) is 1.40. The van der Waals surface area contributed by atoms with Crippen molar-refractivity contribution in [2.45, 2.75) is 32.4 Å². The van der Waals surface area contributed by atoms with Crippen LogP contribution in [0.2, 0.25) is 0 Å². The summed E-state index contributed by atoms with van der Waals surface area (Å²) in [5.41, 5.74) is 0.533. The predicted octanol–water partition coefficient (Wildman–Crippen LogP) is 3.10. The molecule has 0 saturated carbocycles. The Morgan fingerprint density at radius 1 is 1.59 bits per heavy atom. The molecule has 17 heavy (non-hydrogen) atoms. The smallest absolute Gasteiger partial charge is 0.325 e. The van der Waals surface area contributed by atoms with Gasteiger partial charge < -0.3 is 5.11 Å². The molecule has 1 aromatic rings.